The highest BCUT2D eigenvalue weighted by Gasteiger charge is 2.30. The number of benzene rings is 3. The van der Waals surface area contributed by atoms with E-state index in [1.54, 1.807) is 30.3 Å². The van der Waals surface area contributed by atoms with Crippen LogP contribution in [0.5, 0.6) is 0 Å². The summed E-state index contributed by atoms with van der Waals surface area (Å²) in [5.74, 6) is 0.0364. The van der Waals surface area contributed by atoms with Gasteiger partial charge in [0.05, 0.1) is 29.9 Å². The van der Waals surface area contributed by atoms with Crippen molar-refractivity contribution in [1.82, 2.24) is 4.90 Å². The Morgan fingerprint density at radius 2 is 1.62 bits per heavy atom. The molecule has 3 aromatic rings. The van der Waals surface area contributed by atoms with Crippen molar-refractivity contribution < 1.29 is 4.79 Å². The highest BCUT2D eigenvalue weighted by molar-refractivity contribution is 6.36. The van der Waals surface area contributed by atoms with Crippen molar-refractivity contribution >= 4 is 52.0 Å². The molecule has 0 unspecified atom stereocenters. The third kappa shape index (κ3) is 5.09. The van der Waals surface area contributed by atoms with Crippen LogP contribution in [0.4, 0.5) is 11.4 Å². The zero-order chi connectivity index (χ0) is 22.7. The molecule has 1 aliphatic heterocycles. The van der Waals surface area contributed by atoms with Crippen molar-refractivity contribution in [2.24, 2.45) is 0 Å². The predicted octanol–water partition coefficient (Wildman–Crippen LogP) is 6.94. The number of Topliss-reactive ketones (excluding diaryl/α,β-unsaturated/α-hetero) is 1. The van der Waals surface area contributed by atoms with Gasteiger partial charge in [0.15, 0.2) is 11.5 Å². The zero-order valence-corrected chi connectivity index (χ0v) is 19.4. The standard InChI is InChI=1S/C25H20Cl3N3O/c1-29-21-9-4-18(5-10-21)25(32)16-30-12-13-31(23-11-8-20(27)14-22(23)28)24(15-30)17-2-6-19(26)7-3-17/h2-11,14,24H,12-13,15-16H2/t24-/m0/s1. The van der Waals surface area contributed by atoms with Crippen LogP contribution >= 0.6 is 34.8 Å². The van der Waals surface area contributed by atoms with Gasteiger partial charge in [-0.1, -0.05) is 71.2 Å². The maximum absolute atomic E-state index is 12.9. The molecule has 3 aromatic carbocycles. The summed E-state index contributed by atoms with van der Waals surface area (Å²) in [5.41, 5.74) is 3.15. The second kappa shape index (κ2) is 9.94. The van der Waals surface area contributed by atoms with E-state index in [4.69, 9.17) is 41.4 Å². The first-order chi connectivity index (χ1) is 15.4. The van der Waals surface area contributed by atoms with E-state index in [-0.39, 0.29) is 11.8 Å². The lowest BCUT2D eigenvalue weighted by atomic mass is 10.0. The number of carbonyl (C=O) groups excluding carboxylic acids is 1. The monoisotopic (exact) mass is 483 g/mol. The maximum Gasteiger partial charge on any atom is 0.187 e. The van der Waals surface area contributed by atoms with Crippen molar-refractivity contribution in [3.63, 3.8) is 0 Å². The third-order valence-corrected chi connectivity index (χ3v) is 6.41. The zero-order valence-electron chi connectivity index (χ0n) is 17.1. The molecule has 0 bridgehead atoms. The van der Waals surface area contributed by atoms with E-state index >= 15 is 0 Å². The Labute approximate surface area is 202 Å². The lowest BCUT2D eigenvalue weighted by Gasteiger charge is -2.43. The summed E-state index contributed by atoms with van der Waals surface area (Å²) in [4.78, 5) is 20.7. The van der Waals surface area contributed by atoms with Crippen LogP contribution in [0.3, 0.4) is 0 Å². The number of anilines is 1. The highest BCUT2D eigenvalue weighted by Crippen LogP contribution is 2.36. The number of piperazine rings is 1. The van der Waals surface area contributed by atoms with Crippen molar-refractivity contribution in [1.29, 1.82) is 0 Å². The van der Waals surface area contributed by atoms with Crippen LogP contribution in [0, 0.1) is 6.57 Å². The minimum absolute atomic E-state index is 0.00279. The average Bonchev–Trinajstić information content (AvgIpc) is 2.80. The van der Waals surface area contributed by atoms with Crippen LogP contribution in [0.1, 0.15) is 22.0 Å². The summed E-state index contributed by atoms with van der Waals surface area (Å²) in [6, 6.07) is 20.1. The van der Waals surface area contributed by atoms with E-state index in [1.165, 1.54) is 0 Å². The topological polar surface area (TPSA) is 27.9 Å². The molecule has 1 saturated heterocycles. The van der Waals surface area contributed by atoms with Gasteiger partial charge in [-0.25, -0.2) is 4.85 Å². The van der Waals surface area contributed by atoms with Crippen molar-refractivity contribution in [3.05, 3.63) is 104 Å². The van der Waals surface area contributed by atoms with E-state index in [0.717, 1.165) is 17.8 Å². The van der Waals surface area contributed by atoms with Gasteiger partial charge in [-0.15, -0.1) is 0 Å². The highest BCUT2D eigenvalue weighted by atomic mass is 35.5. The number of carbonyl (C=O) groups is 1. The summed E-state index contributed by atoms with van der Waals surface area (Å²) >= 11 is 18.7. The Balaban J connectivity index is 1.57. The predicted molar refractivity (Wildman–Crippen MR) is 131 cm³/mol. The van der Waals surface area contributed by atoms with Gasteiger partial charge in [-0.3, -0.25) is 9.69 Å². The fourth-order valence-corrected chi connectivity index (χ4v) is 4.62. The normalized spacial score (nSPS) is 16.6. The molecule has 1 aliphatic rings. The molecule has 0 N–H and O–H groups in total. The fraction of sp³-hybridized carbons (Fsp3) is 0.200. The number of hydrogen-bond donors (Lipinski definition) is 0. The molecule has 7 heteroatoms. The van der Waals surface area contributed by atoms with E-state index in [9.17, 15) is 4.79 Å². The van der Waals surface area contributed by atoms with Crippen LogP contribution in [0.2, 0.25) is 15.1 Å². The van der Waals surface area contributed by atoms with Crippen molar-refractivity contribution in [2.45, 2.75) is 6.04 Å². The molecule has 0 radical (unpaired) electrons. The van der Waals surface area contributed by atoms with Gasteiger partial charge >= 0.3 is 0 Å². The molecule has 0 saturated carbocycles. The van der Waals surface area contributed by atoms with Crippen molar-refractivity contribution in [2.75, 3.05) is 31.1 Å². The number of ketones is 1. The molecular weight excluding hydrogens is 465 g/mol. The second-order valence-electron chi connectivity index (χ2n) is 7.67. The Kier molecular flexibility index (Phi) is 7.03. The van der Waals surface area contributed by atoms with Gasteiger partial charge in [-0.2, -0.15) is 0 Å². The van der Waals surface area contributed by atoms with Crippen LogP contribution in [-0.4, -0.2) is 36.9 Å². The van der Waals surface area contributed by atoms with Gasteiger partial charge in [0, 0.05) is 35.2 Å². The summed E-state index contributed by atoms with van der Waals surface area (Å²) in [7, 11) is 0. The first-order valence-electron chi connectivity index (χ1n) is 10.1. The molecule has 0 aromatic heterocycles. The summed E-state index contributed by atoms with van der Waals surface area (Å²) in [5, 5.41) is 1.87. The van der Waals surface area contributed by atoms with Crippen LogP contribution in [-0.2, 0) is 0 Å². The summed E-state index contributed by atoms with van der Waals surface area (Å²) in [6.07, 6.45) is 0. The number of nitrogens with zero attached hydrogens (tertiary/aromatic N) is 3. The first-order valence-corrected chi connectivity index (χ1v) is 11.3. The van der Waals surface area contributed by atoms with E-state index in [2.05, 4.69) is 14.6 Å². The molecular formula is C25H20Cl3N3O. The quantitative estimate of drug-likeness (QED) is 0.290. The molecule has 1 atom stereocenters. The molecule has 1 fully saturated rings. The third-order valence-electron chi connectivity index (χ3n) is 5.62. The molecule has 0 aliphatic carbocycles. The van der Waals surface area contributed by atoms with Crippen LogP contribution in [0.25, 0.3) is 4.85 Å². The Morgan fingerprint density at radius 3 is 2.28 bits per heavy atom. The Bertz CT molecular complexity index is 1160. The molecule has 162 valence electrons. The molecule has 0 spiro atoms. The smallest absolute Gasteiger partial charge is 0.187 e. The Morgan fingerprint density at radius 1 is 0.938 bits per heavy atom. The van der Waals surface area contributed by atoms with E-state index in [1.807, 2.05) is 36.4 Å². The summed E-state index contributed by atoms with van der Waals surface area (Å²) in [6.45, 7) is 9.46. The SMILES string of the molecule is [C-]#[N+]c1ccc(C(=O)CN2CCN(c3ccc(Cl)cc3Cl)[C@H](c3ccc(Cl)cc3)C2)cc1. The Hall–Kier alpha value is -2.55. The van der Waals surface area contributed by atoms with Gasteiger partial charge in [0.1, 0.15) is 0 Å². The van der Waals surface area contributed by atoms with Gasteiger partial charge in [-0.05, 0) is 35.9 Å². The fourth-order valence-electron chi connectivity index (χ4n) is 3.97. The number of halogens is 3. The van der Waals surface area contributed by atoms with Crippen LogP contribution in [0.15, 0.2) is 66.7 Å². The molecule has 32 heavy (non-hydrogen) atoms. The molecule has 4 nitrogen and oxygen atoms in total. The molecule has 1 heterocycles. The minimum Gasteiger partial charge on any atom is -0.361 e. The lowest BCUT2D eigenvalue weighted by Crippen LogP contribution is -2.50. The average molecular weight is 485 g/mol. The summed E-state index contributed by atoms with van der Waals surface area (Å²) < 4.78 is 0. The minimum atomic E-state index is -0.00279. The number of hydrogen-bond acceptors (Lipinski definition) is 3. The van der Waals surface area contributed by atoms with Crippen LogP contribution < -0.4 is 4.90 Å². The first kappa shape index (κ1) is 22.6. The van der Waals surface area contributed by atoms with Gasteiger partial charge in [0.25, 0.3) is 0 Å². The largest absolute Gasteiger partial charge is 0.361 e. The van der Waals surface area contributed by atoms with E-state index in [0.29, 0.717) is 46.0 Å². The lowest BCUT2D eigenvalue weighted by molar-refractivity contribution is 0.0914. The van der Waals surface area contributed by atoms with Gasteiger partial charge < -0.3 is 4.90 Å². The van der Waals surface area contributed by atoms with E-state index < -0.39 is 0 Å². The second-order valence-corrected chi connectivity index (χ2v) is 8.95. The molecule has 4 rings (SSSR count). The maximum atomic E-state index is 12.9. The van der Waals surface area contributed by atoms with Gasteiger partial charge in [0.2, 0.25) is 0 Å². The van der Waals surface area contributed by atoms with Crippen molar-refractivity contribution in [3.8, 4) is 0 Å². The molecule has 0 amide bonds. The number of rotatable bonds is 5.